The fourth-order valence-corrected chi connectivity index (χ4v) is 3.15. The second kappa shape index (κ2) is 9.83. The molecule has 28 heavy (non-hydrogen) atoms. The second-order valence-corrected chi connectivity index (χ2v) is 6.37. The lowest BCUT2D eigenvalue weighted by Crippen LogP contribution is -2.32. The first-order valence-electron chi connectivity index (χ1n) is 9.79. The fraction of sp³-hybridized carbons (Fsp3) is 0.348. The molecule has 0 bridgehead atoms. The highest BCUT2D eigenvalue weighted by Crippen LogP contribution is 2.28. The van der Waals surface area contributed by atoms with Crippen LogP contribution >= 0.6 is 0 Å². The first-order chi connectivity index (χ1) is 13.6. The van der Waals surface area contributed by atoms with E-state index in [1.807, 2.05) is 49.9 Å². The predicted molar refractivity (Wildman–Crippen MR) is 118 cm³/mol. The van der Waals surface area contributed by atoms with E-state index in [9.17, 15) is 0 Å². The molecule has 2 aromatic rings. The Balaban J connectivity index is 0.00000136. The summed E-state index contributed by atoms with van der Waals surface area (Å²) in [6, 6.07) is 2.01. The van der Waals surface area contributed by atoms with Crippen molar-refractivity contribution in [2.24, 2.45) is 0 Å². The van der Waals surface area contributed by atoms with Gasteiger partial charge in [0.25, 0.3) is 0 Å². The predicted octanol–water partition coefficient (Wildman–Crippen LogP) is 5.19. The molecule has 0 atom stereocenters. The molecule has 0 fully saturated rings. The number of aromatic amines is 1. The van der Waals surface area contributed by atoms with E-state index in [4.69, 9.17) is 4.74 Å². The Hall–Kier alpha value is -2.95. The molecular weight excluding hydrogens is 348 g/mol. The van der Waals surface area contributed by atoms with Gasteiger partial charge in [-0.05, 0) is 31.1 Å². The van der Waals surface area contributed by atoms with Crippen molar-refractivity contribution in [2.45, 2.75) is 40.8 Å². The number of aromatic nitrogens is 3. The van der Waals surface area contributed by atoms with Crippen molar-refractivity contribution in [1.82, 2.24) is 19.7 Å². The van der Waals surface area contributed by atoms with Crippen LogP contribution < -0.4 is 4.74 Å². The summed E-state index contributed by atoms with van der Waals surface area (Å²) in [6.07, 6.45) is 7.64. The van der Waals surface area contributed by atoms with Crippen LogP contribution in [0.15, 0.2) is 49.7 Å². The Morgan fingerprint density at radius 3 is 2.68 bits per heavy atom. The highest BCUT2D eigenvalue weighted by atomic mass is 16.5. The molecule has 0 saturated carbocycles. The minimum atomic E-state index is 0.486. The molecule has 150 valence electrons. The van der Waals surface area contributed by atoms with Gasteiger partial charge in [0.15, 0.2) is 0 Å². The van der Waals surface area contributed by atoms with E-state index in [2.05, 4.69) is 41.6 Å². The molecule has 0 aliphatic carbocycles. The molecule has 0 amide bonds. The van der Waals surface area contributed by atoms with E-state index in [1.54, 1.807) is 6.08 Å². The Bertz CT molecular complexity index is 869. The molecule has 1 aliphatic heterocycles. The first-order valence-corrected chi connectivity index (χ1v) is 9.79. The van der Waals surface area contributed by atoms with Crippen LogP contribution in [0.25, 0.3) is 11.8 Å². The summed E-state index contributed by atoms with van der Waals surface area (Å²) in [7, 11) is 0. The topological polar surface area (TPSA) is 46.1 Å². The Labute approximate surface area is 168 Å². The number of rotatable bonds is 7. The highest BCUT2D eigenvalue weighted by molar-refractivity contribution is 5.68. The highest BCUT2D eigenvalue weighted by Gasteiger charge is 2.22. The lowest BCUT2D eigenvalue weighted by Gasteiger charge is -2.31. The number of hydrogen-bond donors (Lipinski definition) is 1. The second-order valence-electron chi connectivity index (χ2n) is 6.37. The van der Waals surface area contributed by atoms with E-state index < -0.39 is 0 Å². The van der Waals surface area contributed by atoms with E-state index in [0.29, 0.717) is 12.5 Å². The number of nitrogens with one attached hydrogen (secondary N) is 1. The molecule has 0 aromatic carbocycles. The minimum Gasteiger partial charge on any atom is -0.472 e. The van der Waals surface area contributed by atoms with Crippen LogP contribution in [-0.2, 0) is 13.1 Å². The molecule has 1 aliphatic rings. The van der Waals surface area contributed by atoms with E-state index >= 15 is 0 Å². The van der Waals surface area contributed by atoms with E-state index in [1.165, 1.54) is 5.56 Å². The van der Waals surface area contributed by atoms with E-state index in [-0.39, 0.29) is 0 Å². The normalized spacial score (nSPS) is 13.3. The van der Waals surface area contributed by atoms with Crippen LogP contribution in [0.1, 0.15) is 43.3 Å². The lowest BCUT2D eigenvalue weighted by atomic mass is 10.1. The zero-order valence-electron chi connectivity index (χ0n) is 17.6. The Morgan fingerprint density at radius 2 is 2.07 bits per heavy atom. The summed E-state index contributed by atoms with van der Waals surface area (Å²) in [5.74, 6) is 0.653. The zero-order chi connectivity index (χ0) is 20.7. The van der Waals surface area contributed by atoms with Crippen LogP contribution in [-0.4, -0.2) is 32.8 Å². The summed E-state index contributed by atoms with van der Waals surface area (Å²) in [4.78, 5) is 5.53. The van der Waals surface area contributed by atoms with Crippen LogP contribution in [0.4, 0.5) is 0 Å². The third-order valence-corrected chi connectivity index (χ3v) is 4.87. The number of hydrogen-bond acceptors (Lipinski definition) is 3. The molecule has 0 spiro atoms. The first kappa shape index (κ1) is 21.4. The van der Waals surface area contributed by atoms with Gasteiger partial charge in [0.05, 0.1) is 18.8 Å². The molecule has 0 radical (unpaired) electrons. The summed E-state index contributed by atoms with van der Waals surface area (Å²) in [6.45, 7) is 22.9. The molecule has 1 N–H and O–H groups in total. The van der Waals surface area contributed by atoms with Crippen molar-refractivity contribution in [1.29, 1.82) is 0 Å². The molecule has 5 nitrogen and oxygen atoms in total. The van der Waals surface area contributed by atoms with Crippen LogP contribution in [0.3, 0.4) is 0 Å². The standard InChI is InChI=1S/C21H26N4O.C2H6/c1-6-17(7-2)14-26-21-11-18-13-24(9-10-25(18)23-21)16(5)19-12-22-20(8-3)15(19)4;1-2/h6-8,11-12,22H,1,3,5,9-10,13-14H2,2,4H3;1-2H3/b17-7+;. The maximum absolute atomic E-state index is 5.79. The van der Waals surface area contributed by atoms with E-state index in [0.717, 1.165) is 47.9 Å². The quantitative estimate of drug-likeness (QED) is 0.673. The van der Waals surface area contributed by atoms with Crippen molar-refractivity contribution in [3.63, 3.8) is 0 Å². The van der Waals surface area contributed by atoms with Crippen LogP contribution in [0.2, 0.25) is 0 Å². The molecule has 5 heteroatoms. The van der Waals surface area contributed by atoms with Crippen LogP contribution in [0.5, 0.6) is 5.88 Å². The van der Waals surface area contributed by atoms with Crippen molar-refractivity contribution in [3.05, 3.63) is 72.2 Å². The number of allylic oxidation sites excluding steroid dienone is 1. The largest absolute Gasteiger partial charge is 0.472 e. The maximum Gasteiger partial charge on any atom is 0.233 e. The van der Waals surface area contributed by atoms with Gasteiger partial charge >= 0.3 is 0 Å². The van der Waals surface area contributed by atoms with Gasteiger partial charge in [-0.3, -0.25) is 4.68 Å². The molecular formula is C23H32N4O. The fourth-order valence-electron chi connectivity index (χ4n) is 3.15. The van der Waals surface area contributed by atoms with Crippen molar-refractivity contribution in [2.75, 3.05) is 13.2 Å². The molecule has 0 unspecified atom stereocenters. The SMILES string of the molecule is C=C/C(=C\C)COc1cc2n(n1)CCN(C(=C)c1c[nH]c(C=C)c1C)C2.CC. The summed E-state index contributed by atoms with van der Waals surface area (Å²) >= 11 is 0. The maximum atomic E-state index is 5.79. The van der Waals surface area contributed by atoms with Crippen molar-refractivity contribution < 1.29 is 4.74 Å². The Morgan fingerprint density at radius 1 is 1.32 bits per heavy atom. The number of fused-ring (bicyclic) bond motifs is 1. The van der Waals surface area contributed by atoms with Gasteiger partial charge in [0.1, 0.15) is 6.61 Å². The van der Waals surface area contributed by atoms with Gasteiger partial charge in [-0.1, -0.05) is 45.7 Å². The van der Waals surface area contributed by atoms with Gasteiger partial charge in [0.2, 0.25) is 5.88 Å². The van der Waals surface area contributed by atoms with Gasteiger partial charge in [-0.25, -0.2) is 0 Å². The minimum absolute atomic E-state index is 0.486. The smallest absolute Gasteiger partial charge is 0.233 e. The zero-order valence-corrected chi connectivity index (χ0v) is 17.6. The number of ether oxygens (including phenoxy) is 1. The summed E-state index contributed by atoms with van der Waals surface area (Å²) < 4.78 is 7.81. The average Bonchev–Trinajstić information content (AvgIpc) is 3.31. The van der Waals surface area contributed by atoms with Crippen molar-refractivity contribution >= 4 is 11.8 Å². The molecule has 2 aromatic heterocycles. The third kappa shape index (κ3) is 4.47. The molecule has 3 heterocycles. The summed E-state index contributed by atoms with van der Waals surface area (Å²) in [5.41, 5.74) is 6.55. The third-order valence-electron chi connectivity index (χ3n) is 4.87. The van der Waals surface area contributed by atoms with Gasteiger partial charge in [0, 0.05) is 35.8 Å². The average molecular weight is 381 g/mol. The monoisotopic (exact) mass is 380 g/mol. The lowest BCUT2D eigenvalue weighted by molar-refractivity contribution is 0.297. The van der Waals surface area contributed by atoms with Crippen molar-refractivity contribution in [3.8, 4) is 5.88 Å². The Kier molecular flexibility index (Phi) is 7.50. The molecule has 0 saturated heterocycles. The van der Waals surface area contributed by atoms with Crippen LogP contribution in [0, 0.1) is 6.92 Å². The number of nitrogens with zero attached hydrogens (tertiary/aromatic N) is 3. The molecule has 3 rings (SSSR count). The van der Waals surface area contributed by atoms with Gasteiger partial charge < -0.3 is 14.6 Å². The summed E-state index contributed by atoms with van der Waals surface area (Å²) in [5, 5.41) is 4.55. The van der Waals surface area contributed by atoms with Gasteiger partial charge in [-0.15, -0.1) is 5.10 Å². The number of H-pyrrole nitrogens is 1. The van der Waals surface area contributed by atoms with Gasteiger partial charge in [-0.2, -0.15) is 0 Å².